The third-order valence-electron chi connectivity index (χ3n) is 8.54. The Balaban J connectivity index is 1.19. The molecule has 0 spiro atoms. The lowest BCUT2D eigenvalue weighted by Crippen LogP contribution is -2.33. The van der Waals surface area contributed by atoms with Gasteiger partial charge in [0.05, 0.1) is 10.7 Å². The molecule has 0 saturated carbocycles. The lowest BCUT2D eigenvalue weighted by atomic mass is 9.88. The van der Waals surface area contributed by atoms with Gasteiger partial charge in [0.25, 0.3) is 5.01 Å². The molecular formula is C37H35N2S2+. The molecule has 1 aromatic heterocycles. The molecule has 0 unspecified atom stereocenters. The minimum atomic E-state index is 0.971. The first-order valence-electron chi connectivity index (χ1n) is 14.8. The summed E-state index contributed by atoms with van der Waals surface area (Å²) >= 11 is 3.80. The molecule has 2 aliphatic rings. The summed E-state index contributed by atoms with van der Waals surface area (Å²) < 4.78 is 3.82. The Morgan fingerprint density at radius 3 is 2.27 bits per heavy atom. The summed E-state index contributed by atoms with van der Waals surface area (Å²) in [6.07, 6.45) is 13.0. The second kappa shape index (κ2) is 11.0. The molecule has 0 radical (unpaired) electrons. The Bertz CT molecular complexity index is 1940. The van der Waals surface area contributed by atoms with Crippen LogP contribution in [-0.4, -0.2) is 6.54 Å². The lowest BCUT2D eigenvalue weighted by Gasteiger charge is -2.20. The topological polar surface area (TPSA) is 7.12 Å². The van der Waals surface area contributed by atoms with Crippen LogP contribution in [0, 0.1) is 0 Å². The molecule has 1 aliphatic heterocycles. The third-order valence-corrected chi connectivity index (χ3v) is 10.8. The van der Waals surface area contributed by atoms with Gasteiger partial charge in [-0.15, -0.1) is 0 Å². The average Bonchev–Trinajstić information content (AvgIpc) is 3.53. The van der Waals surface area contributed by atoms with Gasteiger partial charge in [0.15, 0.2) is 0 Å². The second-order valence-electron chi connectivity index (χ2n) is 10.9. The molecule has 0 N–H and O–H groups in total. The minimum absolute atomic E-state index is 0.971. The maximum atomic E-state index is 2.46. The van der Waals surface area contributed by atoms with Crippen molar-refractivity contribution in [2.45, 2.75) is 51.5 Å². The number of rotatable bonds is 5. The highest BCUT2D eigenvalue weighted by Gasteiger charge is 2.24. The quantitative estimate of drug-likeness (QED) is 0.194. The summed E-state index contributed by atoms with van der Waals surface area (Å²) in [6.45, 7) is 8.76. The van der Waals surface area contributed by atoms with Crippen LogP contribution < -0.4 is 9.47 Å². The van der Waals surface area contributed by atoms with Crippen LogP contribution in [0.3, 0.4) is 0 Å². The van der Waals surface area contributed by atoms with E-state index < -0.39 is 0 Å². The van der Waals surface area contributed by atoms with Gasteiger partial charge in [0.2, 0.25) is 5.52 Å². The highest BCUT2D eigenvalue weighted by molar-refractivity contribution is 8.03. The van der Waals surface area contributed by atoms with E-state index in [4.69, 9.17) is 0 Å². The van der Waals surface area contributed by atoms with E-state index in [1.165, 1.54) is 75.5 Å². The first-order chi connectivity index (χ1) is 20.1. The van der Waals surface area contributed by atoms with Crippen molar-refractivity contribution >= 4 is 66.6 Å². The summed E-state index contributed by atoms with van der Waals surface area (Å²) in [5.74, 6) is 0. The molecule has 2 heterocycles. The van der Waals surface area contributed by atoms with Crippen LogP contribution >= 0.6 is 23.1 Å². The Morgan fingerprint density at radius 1 is 0.829 bits per heavy atom. The van der Waals surface area contributed by atoms with E-state index in [2.05, 4.69) is 127 Å². The van der Waals surface area contributed by atoms with E-state index in [-0.39, 0.29) is 0 Å². The SMILES string of the molecule is CCN1/C(=C/C=C2\CCCC(/C=C/c3sc4cc5ccccc5cc4[n+]3CC)=C2C)Sc2cc3ccccc3cc21. The molecule has 4 heteroatoms. The zero-order valence-corrected chi connectivity index (χ0v) is 25.6. The number of thioether (sulfide) groups is 1. The van der Waals surface area contributed by atoms with Gasteiger partial charge < -0.3 is 4.90 Å². The highest BCUT2D eigenvalue weighted by atomic mass is 32.2. The zero-order valence-electron chi connectivity index (χ0n) is 24.0. The van der Waals surface area contributed by atoms with Gasteiger partial charge in [-0.25, -0.2) is 0 Å². The molecule has 1 aliphatic carbocycles. The summed E-state index contributed by atoms with van der Waals surface area (Å²) in [5, 5.41) is 7.89. The van der Waals surface area contributed by atoms with Crippen molar-refractivity contribution in [1.82, 2.24) is 0 Å². The van der Waals surface area contributed by atoms with E-state index in [0.29, 0.717) is 0 Å². The molecule has 0 saturated heterocycles. The molecule has 7 rings (SSSR count). The monoisotopic (exact) mass is 571 g/mol. The van der Waals surface area contributed by atoms with Crippen molar-refractivity contribution in [3.63, 3.8) is 0 Å². The zero-order chi connectivity index (χ0) is 27.9. The number of fused-ring (bicyclic) bond motifs is 4. The molecule has 0 bridgehead atoms. The number of thiazole rings is 1. The Morgan fingerprint density at radius 2 is 1.54 bits per heavy atom. The maximum absolute atomic E-state index is 2.46. The normalized spacial score (nSPS) is 17.8. The second-order valence-corrected chi connectivity index (χ2v) is 13.0. The summed E-state index contributed by atoms with van der Waals surface area (Å²) in [6, 6.07) is 26.8. The molecule has 204 valence electrons. The number of benzene rings is 4. The number of hydrogen-bond acceptors (Lipinski definition) is 3. The van der Waals surface area contributed by atoms with Crippen LogP contribution in [0.25, 0.3) is 37.8 Å². The van der Waals surface area contributed by atoms with Gasteiger partial charge in [-0.3, -0.25) is 0 Å². The van der Waals surface area contributed by atoms with Gasteiger partial charge in [-0.2, -0.15) is 4.57 Å². The van der Waals surface area contributed by atoms with E-state index in [9.17, 15) is 0 Å². The number of aromatic nitrogens is 1. The van der Waals surface area contributed by atoms with E-state index >= 15 is 0 Å². The third kappa shape index (κ3) is 4.83. The number of allylic oxidation sites excluding steroid dienone is 6. The lowest BCUT2D eigenvalue weighted by molar-refractivity contribution is -0.665. The fourth-order valence-electron chi connectivity index (χ4n) is 6.28. The molecule has 41 heavy (non-hydrogen) atoms. The van der Waals surface area contributed by atoms with Crippen LogP contribution in [-0.2, 0) is 6.54 Å². The number of anilines is 1. The van der Waals surface area contributed by atoms with Crippen molar-refractivity contribution in [3.8, 4) is 0 Å². The van der Waals surface area contributed by atoms with Crippen LogP contribution in [0.2, 0.25) is 0 Å². The Labute approximate surface area is 251 Å². The molecule has 0 atom stereocenters. The minimum Gasteiger partial charge on any atom is -0.335 e. The van der Waals surface area contributed by atoms with Crippen molar-refractivity contribution in [1.29, 1.82) is 0 Å². The van der Waals surface area contributed by atoms with Gasteiger partial charge in [0, 0.05) is 23.6 Å². The molecule has 0 fully saturated rings. The molecule has 5 aromatic rings. The number of hydrogen-bond donors (Lipinski definition) is 0. The van der Waals surface area contributed by atoms with Crippen molar-refractivity contribution in [2.24, 2.45) is 0 Å². The van der Waals surface area contributed by atoms with Crippen LogP contribution in [0.4, 0.5) is 5.69 Å². The fraction of sp³-hybridized carbons (Fsp3) is 0.216. The first-order valence-corrected chi connectivity index (χ1v) is 16.4. The molecule has 0 amide bonds. The Kier molecular flexibility index (Phi) is 7.06. The largest absolute Gasteiger partial charge is 0.335 e. The van der Waals surface area contributed by atoms with Crippen molar-refractivity contribution < 1.29 is 4.57 Å². The van der Waals surface area contributed by atoms with Crippen LogP contribution in [0.1, 0.15) is 45.0 Å². The smallest absolute Gasteiger partial charge is 0.262 e. The summed E-state index contributed by atoms with van der Waals surface area (Å²) in [4.78, 5) is 3.82. The van der Waals surface area contributed by atoms with Gasteiger partial charge in [-0.05, 0) is 103 Å². The van der Waals surface area contributed by atoms with Crippen molar-refractivity contribution in [2.75, 3.05) is 11.4 Å². The fourth-order valence-corrected chi connectivity index (χ4v) is 8.60. The van der Waals surface area contributed by atoms with Crippen LogP contribution in [0.5, 0.6) is 0 Å². The predicted molar refractivity (Wildman–Crippen MR) is 180 cm³/mol. The van der Waals surface area contributed by atoms with Crippen LogP contribution in [0.15, 0.2) is 118 Å². The predicted octanol–water partition coefficient (Wildman–Crippen LogP) is 10.4. The molecule has 4 aromatic carbocycles. The van der Waals surface area contributed by atoms with Crippen molar-refractivity contribution in [3.05, 3.63) is 118 Å². The van der Waals surface area contributed by atoms with E-state index in [1.807, 2.05) is 23.1 Å². The Hall–Kier alpha value is -3.60. The summed E-state index contributed by atoms with van der Waals surface area (Å²) in [7, 11) is 0. The number of aryl methyl sites for hydroxylation is 1. The summed E-state index contributed by atoms with van der Waals surface area (Å²) in [5.41, 5.74) is 7.04. The standard InChI is InChI=1S/C37H35N2S2/c1-4-38-32-21-28-11-6-8-13-30(28)23-34(32)40-36(38)19-17-26-15-10-16-27(25(26)3)18-20-37-39(5-2)33-22-29-12-7-9-14-31(29)24-35(33)41-37/h6-9,11-14,17-24H,4-5,10,15-16H2,1-3H3/q+1. The number of nitrogens with zero attached hydrogens (tertiary/aromatic N) is 2. The first kappa shape index (κ1) is 26.3. The highest BCUT2D eigenvalue weighted by Crippen LogP contribution is 2.47. The van der Waals surface area contributed by atoms with Gasteiger partial charge in [-0.1, -0.05) is 83.8 Å². The maximum Gasteiger partial charge on any atom is 0.262 e. The van der Waals surface area contributed by atoms with Gasteiger partial charge >= 0.3 is 0 Å². The van der Waals surface area contributed by atoms with Gasteiger partial charge in [0.1, 0.15) is 11.2 Å². The average molecular weight is 572 g/mol. The molecule has 2 nitrogen and oxygen atoms in total. The molecular weight excluding hydrogens is 537 g/mol. The van der Waals surface area contributed by atoms with E-state index in [1.54, 1.807) is 0 Å². The van der Waals surface area contributed by atoms with E-state index in [0.717, 1.165) is 25.9 Å².